The van der Waals surface area contributed by atoms with Crippen LogP contribution in [-0.2, 0) is 0 Å². The van der Waals surface area contributed by atoms with Crippen molar-refractivity contribution in [3.05, 3.63) is 48.0 Å². The average Bonchev–Trinajstić information content (AvgIpc) is 2.97. The molecule has 1 N–H and O–H groups in total. The summed E-state index contributed by atoms with van der Waals surface area (Å²) in [6.07, 6.45) is 2.89. The van der Waals surface area contributed by atoms with Crippen molar-refractivity contribution >= 4 is 22.5 Å². The molecule has 0 amide bonds. The SMILES string of the molecule is CC(C)c1cccnc1Nc1nc(-c2ccc(F)cn2)ns1. The van der Waals surface area contributed by atoms with E-state index in [0.717, 1.165) is 17.6 Å². The number of nitrogens with zero attached hydrogens (tertiary/aromatic N) is 4. The standard InChI is InChI=1S/C15H14FN5S/c1-9(2)11-4-3-7-17-13(11)19-15-20-14(21-22-15)12-6-5-10(16)8-18-12/h3-9H,1-2H3,(H,17,19,20,21). The van der Waals surface area contributed by atoms with Crippen LogP contribution >= 0.6 is 11.5 Å². The van der Waals surface area contributed by atoms with Crippen LogP contribution in [-0.4, -0.2) is 19.3 Å². The van der Waals surface area contributed by atoms with Gasteiger partial charge < -0.3 is 5.32 Å². The number of hydrogen-bond donors (Lipinski definition) is 1. The van der Waals surface area contributed by atoms with Crippen LogP contribution in [0.2, 0.25) is 0 Å². The Hall–Kier alpha value is -2.41. The van der Waals surface area contributed by atoms with Gasteiger partial charge in [0.2, 0.25) is 5.13 Å². The first-order valence-electron chi connectivity index (χ1n) is 6.81. The van der Waals surface area contributed by atoms with Crippen LogP contribution in [0.1, 0.15) is 25.3 Å². The molecule has 0 aromatic carbocycles. The quantitative estimate of drug-likeness (QED) is 0.788. The largest absolute Gasteiger partial charge is 0.315 e. The Morgan fingerprint density at radius 1 is 1.18 bits per heavy atom. The third-order valence-corrected chi connectivity index (χ3v) is 3.70. The molecule has 0 unspecified atom stereocenters. The van der Waals surface area contributed by atoms with E-state index < -0.39 is 0 Å². The third-order valence-electron chi connectivity index (χ3n) is 3.07. The first kappa shape index (κ1) is 14.5. The van der Waals surface area contributed by atoms with Gasteiger partial charge in [-0.1, -0.05) is 19.9 Å². The van der Waals surface area contributed by atoms with Gasteiger partial charge in [-0.25, -0.2) is 14.4 Å². The molecule has 3 aromatic rings. The van der Waals surface area contributed by atoms with Crippen molar-refractivity contribution in [2.75, 3.05) is 5.32 Å². The van der Waals surface area contributed by atoms with Gasteiger partial charge in [-0.2, -0.15) is 9.36 Å². The van der Waals surface area contributed by atoms with Crippen molar-refractivity contribution in [3.8, 4) is 11.5 Å². The summed E-state index contributed by atoms with van der Waals surface area (Å²) < 4.78 is 17.1. The maximum atomic E-state index is 12.9. The van der Waals surface area contributed by atoms with Crippen molar-refractivity contribution in [3.63, 3.8) is 0 Å². The molecular weight excluding hydrogens is 301 g/mol. The van der Waals surface area contributed by atoms with Gasteiger partial charge in [0.15, 0.2) is 5.82 Å². The van der Waals surface area contributed by atoms with Gasteiger partial charge in [0.05, 0.1) is 6.20 Å². The Labute approximate surface area is 131 Å². The first-order chi connectivity index (χ1) is 10.6. The predicted molar refractivity (Wildman–Crippen MR) is 84.7 cm³/mol. The Balaban J connectivity index is 1.85. The van der Waals surface area contributed by atoms with E-state index in [1.807, 2.05) is 12.1 Å². The monoisotopic (exact) mass is 315 g/mol. The molecule has 3 rings (SSSR count). The molecule has 0 aliphatic carbocycles. The summed E-state index contributed by atoms with van der Waals surface area (Å²) in [5.41, 5.74) is 1.65. The van der Waals surface area contributed by atoms with E-state index >= 15 is 0 Å². The van der Waals surface area contributed by atoms with Crippen molar-refractivity contribution < 1.29 is 4.39 Å². The second-order valence-corrected chi connectivity index (χ2v) is 5.76. The number of rotatable bonds is 4. The van der Waals surface area contributed by atoms with Crippen molar-refractivity contribution in [1.82, 2.24) is 19.3 Å². The summed E-state index contributed by atoms with van der Waals surface area (Å²) in [5, 5.41) is 3.81. The highest BCUT2D eigenvalue weighted by Gasteiger charge is 2.12. The normalized spacial score (nSPS) is 10.9. The molecule has 0 radical (unpaired) electrons. The zero-order valence-corrected chi connectivity index (χ0v) is 12.9. The van der Waals surface area contributed by atoms with Crippen molar-refractivity contribution in [2.24, 2.45) is 0 Å². The number of pyridine rings is 2. The highest BCUT2D eigenvalue weighted by molar-refractivity contribution is 7.09. The molecule has 0 aliphatic rings. The minimum atomic E-state index is -0.382. The van der Waals surface area contributed by atoms with Gasteiger partial charge >= 0.3 is 0 Å². The molecule has 0 aliphatic heterocycles. The minimum absolute atomic E-state index is 0.349. The van der Waals surface area contributed by atoms with Crippen molar-refractivity contribution in [1.29, 1.82) is 0 Å². The summed E-state index contributed by atoms with van der Waals surface area (Å²) in [4.78, 5) is 12.7. The molecule has 0 spiro atoms. The summed E-state index contributed by atoms with van der Waals surface area (Å²) in [7, 11) is 0. The number of hydrogen-bond acceptors (Lipinski definition) is 6. The molecule has 0 atom stereocenters. The van der Waals surface area contributed by atoms with Crippen LogP contribution in [0.15, 0.2) is 36.7 Å². The Bertz CT molecular complexity index is 770. The zero-order chi connectivity index (χ0) is 15.5. The number of anilines is 2. The summed E-state index contributed by atoms with van der Waals surface area (Å²) >= 11 is 1.22. The first-order valence-corrected chi connectivity index (χ1v) is 7.58. The number of halogens is 1. The summed E-state index contributed by atoms with van der Waals surface area (Å²) in [6, 6.07) is 6.84. The van der Waals surface area contributed by atoms with Gasteiger partial charge in [-0.05, 0) is 29.7 Å². The maximum absolute atomic E-state index is 12.9. The molecule has 5 nitrogen and oxygen atoms in total. The molecule has 0 saturated carbocycles. The zero-order valence-electron chi connectivity index (χ0n) is 12.1. The van der Waals surface area contributed by atoms with E-state index in [0.29, 0.717) is 22.6 Å². The molecular formula is C15H14FN5S. The lowest BCUT2D eigenvalue weighted by Gasteiger charge is -2.10. The van der Waals surface area contributed by atoms with Gasteiger partial charge in [0.1, 0.15) is 17.3 Å². The number of nitrogens with one attached hydrogen (secondary N) is 1. The lowest BCUT2D eigenvalue weighted by atomic mass is 10.0. The lowest BCUT2D eigenvalue weighted by molar-refractivity contribution is 0.621. The smallest absolute Gasteiger partial charge is 0.208 e. The second-order valence-electron chi connectivity index (χ2n) is 5.01. The molecule has 0 bridgehead atoms. The summed E-state index contributed by atoms with van der Waals surface area (Å²) in [6.45, 7) is 4.21. The fraction of sp³-hybridized carbons (Fsp3) is 0.200. The van der Waals surface area contributed by atoms with E-state index in [1.54, 1.807) is 12.3 Å². The van der Waals surface area contributed by atoms with E-state index in [4.69, 9.17) is 0 Å². The minimum Gasteiger partial charge on any atom is -0.315 e. The van der Waals surface area contributed by atoms with Crippen LogP contribution in [0.4, 0.5) is 15.3 Å². The Morgan fingerprint density at radius 2 is 2.05 bits per heavy atom. The third kappa shape index (κ3) is 3.09. The van der Waals surface area contributed by atoms with Gasteiger partial charge in [-0.3, -0.25) is 0 Å². The molecule has 7 heteroatoms. The summed E-state index contributed by atoms with van der Waals surface area (Å²) in [5.74, 6) is 1.21. The van der Waals surface area contributed by atoms with Crippen LogP contribution in [0.5, 0.6) is 0 Å². The van der Waals surface area contributed by atoms with E-state index in [-0.39, 0.29) is 5.82 Å². The molecule has 22 heavy (non-hydrogen) atoms. The van der Waals surface area contributed by atoms with Crippen LogP contribution in [0.3, 0.4) is 0 Å². The highest BCUT2D eigenvalue weighted by Crippen LogP contribution is 2.27. The van der Waals surface area contributed by atoms with E-state index in [9.17, 15) is 4.39 Å². The molecule has 3 heterocycles. The second kappa shape index (κ2) is 6.15. The Morgan fingerprint density at radius 3 is 2.77 bits per heavy atom. The van der Waals surface area contributed by atoms with Crippen LogP contribution in [0.25, 0.3) is 11.5 Å². The lowest BCUT2D eigenvalue weighted by Crippen LogP contribution is -2.00. The van der Waals surface area contributed by atoms with Crippen LogP contribution < -0.4 is 5.32 Å². The molecule has 3 aromatic heterocycles. The van der Waals surface area contributed by atoms with Gasteiger partial charge in [-0.15, -0.1) is 0 Å². The van der Waals surface area contributed by atoms with E-state index in [1.165, 1.54) is 17.6 Å². The topological polar surface area (TPSA) is 63.6 Å². The van der Waals surface area contributed by atoms with Gasteiger partial charge in [0.25, 0.3) is 0 Å². The number of aromatic nitrogens is 4. The predicted octanol–water partition coefficient (Wildman–Crippen LogP) is 4.00. The molecule has 0 saturated heterocycles. The van der Waals surface area contributed by atoms with Gasteiger partial charge in [0, 0.05) is 17.7 Å². The van der Waals surface area contributed by atoms with Crippen molar-refractivity contribution in [2.45, 2.75) is 19.8 Å². The van der Waals surface area contributed by atoms with Crippen LogP contribution in [0, 0.1) is 5.82 Å². The molecule has 0 fully saturated rings. The maximum Gasteiger partial charge on any atom is 0.208 e. The average molecular weight is 315 g/mol. The molecule has 112 valence electrons. The fourth-order valence-electron chi connectivity index (χ4n) is 1.98. The highest BCUT2D eigenvalue weighted by atomic mass is 32.1. The Kier molecular flexibility index (Phi) is 4.06. The fourth-order valence-corrected chi connectivity index (χ4v) is 2.55. The van der Waals surface area contributed by atoms with E-state index in [2.05, 4.69) is 38.5 Å².